The van der Waals surface area contributed by atoms with Gasteiger partial charge in [-0.3, -0.25) is 4.79 Å². The Bertz CT molecular complexity index is 1590. The third-order valence-electron chi connectivity index (χ3n) is 7.74. The van der Waals surface area contributed by atoms with Gasteiger partial charge in [0.1, 0.15) is 11.9 Å². The summed E-state index contributed by atoms with van der Waals surface area (Å²) in [6, 6.07) is 9.22. The van der Waals surface area contributed by atoms with Gasteiger partial charge >= 0.3 is 5.56 Å². The molecule has 220 valence electrons. The van der Waals surface area contributed by atoms with Gasteiger partial charge in [0.15, 0.2) is 0 Å². The van der Waals surface area contributed by atoms with Crippen molar-refractivity contribution >= 4 is 22.4 Å². The summed E-state index contributed by atoms with van der Waals surface area (Å²) in [6.45, 7) is 4.44. The van der Waals surface area contributed by atoms with Gasteiger partial charge in [0.2, 0.25) is 17.3 Å². The molecule has 12 nitrogen and oxygen atoms in total. The largest absolute Gasteiger partial charge is 0.612 e. The fraction of sp³-hybridized carbons (Fsp3) is 0.345. The van der Waals surface area contributed by atoms with E-state index in [1.54, 1.807) is 28.9 Å². The molecule has 1 aromatic heterocycles. The molecule has 1 unspecified atom stereocenters. The maximum absolute atomic E-state index is 13.6. The molecule has 6 rings (SSSR count). The number of hydrogen-bond acceptors (Lipinski definition) is 9. The Morgan fingerprint density at radius 1 is 1.14 bits per heavy atom. The van der Waals surface area contributed by atoms with Crippen LogP contribution in [0.25, 0.3) is 5.69 Å². The molecule has 2 fully saturated rings. The Morgan fingerprint density at radius 2 is 1.90 bits per heavy atom. The molecule has 13 heteroatoms. The van der Waals surface area contributed by atoms with E-state index < -0.39 is 15.9 Å². The van der Waals surface area contributed by atoms with Crippen molar-refractivity contribution in [3.63, 3.8) is 0 Å². The number of nitrogens with zero attached hydrogens (tertiary/aromatic N) is 5. The lowest BCUT2D eigenvalue weighted by Gasteiger charge is -2.35. The van der Waals surface area contributed by atoms with Gasteiger partial charge in [0, 0.05) is 55.0 Å². The minimum Gasteiger partial charge on any atom is -0.612 e. The smallest absolute Gasteiger partial charge is 0.316 e. The molecule has 1 aromatic carbocycles. The summed E-state index contributed by atoms with van der Waals surface area (Å²) in [4.78, 5) is 15.1. The van der Waals surface area contributed by atoms with E-state index in [0.717, 1.165) is 12.8 Å². The highest BCUT2D eigenvalue weighted by atomic mass is 32.2. The van der Waals surface area contributed by atoms with Crippen LogP contribution in [0, 0.1) is 15.8 Å². The van der Waals surface area contributed by atoms with Crippen molar-refractivity contribution in [3.05, 3.63) is 105 Å². The topological polar surface area (TPSA) is 138 Å². The lowest BCUT2D eigenvalue weighted by atomic mass is 10.0. The third kappa shape index (κ3) is 5.83. The normalized spacial score (nSPS) is 21.9. The first-order valence-electron chi connectivity index (χ1n) is 13.7. The number of hydrogen-bond donors (Lipinski definition) is 1. The highest BCUT2D eigenvalue weighted by Gasteiger charge is 2.39. The number of nitrogens with one attached hydrogen (secondary N) is 1. The van der Waals surface area contributed by atoms with Crippen LogP contribution >= 0.6 is 0 Å². The number of para-hydroxylation sites is 1. The number of allylic oxidation sites excluding steroid dienone is 4. The molecule has 0 amide bonds. The van der Waals surface area contributed by atoms with Crippen molar-refractivity contribution < 1.29 is 18.6 Å². The average molecular weight is 592 g/mol. The molecule has 4 aliphatic rings. The Hall–Kier alpha value is -4.36. The predicted molar refractivity (Wildman–Crippen MR) is 159 cm³/mol. The second kappa shape index (κ2) is 11.5. The lowest BCUT2D eigenvalue weighted by Crippen LogP contribution is -2.48. The first-order chi connectivity index (χ1) is 20.3. The highest BCUT2D eigenvalue weighted by Crippen LogP contribution is 2.45. The van der Waals surface area contributed by atoms with Crippen molar-refractivity contribution in [3.8, 4) is 11.4 Å². The summed E-state index contributed by atoms with van der Waals surface area (Å²) in [6.07, 6.45) is 11.5. The van der Waals surface area contributed by atoms with Crippen LogP contribution < -0.4 is 20.5 Å². The second-order valence-corrected chi connectivity index (χ2v) is 12.3. The average Bonchev–Trinajstić information content (AvgIpc) is 3.48. The molecule has 1 atom stereocenters. The van der Waals surface area contributed by atoms with Crippen LogP contribution in [0.1, 0.15) is 19.8 Å². The van der Waals surface area contributed by atoms with Crippen LogP contribution in [0.2, 0.25) is 0 Å². The van der Waals surface area contributed by atoms with Crippen LogP contribution in [0.15, 0.2) is 89.0 Å². The molecular formula is C29H31N6O6S-. The fourth-order valence-corrected chi connectivity index (χ4v) is 6.17. The molecule has 1 N–H and O–H groups in total. The number of piperazine rings is 1. The van der Waals surface area contributed by atoms with Gasteiger partial charge in [-0.25, -0.2) is 8.51 Å². The van der Waals surface area contributed by atoms with Crippen LogP contribution in [-0.2, 0) is 15.7 Å². The minimum absolute atomic E-state index is 0.00746. The fourth-order valence-electron chi connectivity index (χ4n) is 4.92. The Balaban J connectivity index is 1.18. The van der Waals surface area contributed by atoms with Gasteiger partial charge in [-0.1, -0.05) is 25.1 Å². The second-order valence-electron chi connectivity index (χ2n) is 10.9. The Labute approximate surface area is 245 Å². The summed E-state index contributed by atoms with van der Waals surface area (Å²) < 4.78 is 28.1. The van der Waals surface area contributed by atoms with Gasteiger partial charge in [0.25, 0.3) is 0 Å². The third-order valence-corrected chi connectivity index (χ3v) is 9.24. The van der Waals surface area contributed by atoms with Crippen LogP contribution in [0.3, 0.4) is 0 Å². The number of ether oxygens (including phenoxy) is 2. The maximum Gasteiger partial charge on any atom is 0.316 e. The van der Waals surface area contributed by atoms with Crippen LogP contribution in [0.4, 0.5) is 5.69 Å². The van der Waals surface area contributed by atoms with Gasteiger partial charge in [0.05, 0.1) is 35.2 Å². The summed E-state index contributed by atoms with van der Waals surface area (Å²) in [5.41, 5.74) is 1.92. The van der Waals surface area contributed by atoms with Gasteiger partial charge in [-0.05, 0) is 37.1 Å². The molecule has 2 aliphatic carbocycles. The number of aromatic nitrogens is 2. The summed E-state index contributed by atoms with van der Waals surface area (Å²) >= 11 is 0. The Morgan fingerprint density at radius 3 is 2.57 bits per heavy atom. The van der Waals surface area contributed by atoms with Crippen molar-refractivity contribution in [2.45, 2.75) is 19.8 Å². The first kappa shape index (κ1) is 27.8. The van der Waals surface area contributed by atoms with E-state index in [1.165, 1.54) is 17.0 Å². The molecule has 0 radical (unpaired) electrons. The van der Waals surface area contributed by atoms with Gasteiger partial charge in [-0.15, -0.1) is 0 Å². The van der Waals surface area contributed by atoms with Gasteiger partial charge < -0.3 is 30.1 Å². The van der Waals surface area contributed by atoms with Gasteiger partial charge in [-0.2, -0.15) is 14.7 Å². The standard InChI is InChI=1S/C29H31N6O6S/c1-29(9-10-29)20-41-26-25(18-31-34(28(26)36)23-5-3-2-4-6-23)32-12-14-33(15-13-32)42(39)19-22-17-21(27-30-11-16-40-27)7-8-24(22)35(37)38/h2-8,11,16-18H,9-10,12-15,19-20H2,1H3,(H-,30,31,36,37,38)/q-1. The number of rotatable bonds is 8. The zero-order valence-electron chi connectivity index (χ0n) is 23.1. The maximum atomic E-state index is 13.6. The number of anilines is 1. The van der Waals surface area contributed by atoms with Crippen LogP contribution in [0.5, 0.6) is 5.75 Å². The van der Waals surface area contributed by atoms with E-state index in [1.807, 2.05) is 35.2 Å². The highest BCUT2D eigenvalue weighted by molar-refractivity contribution is 7.82. The Kier molecular flexibility index (Phi) is 7.60. The van der Waals surface area contributed by atoms with E-state index in [9.17, 15) is 19.4 Å². The monoisotopic (exact) mass is 591 g/mol. The molecule has 42 heavy (non-hydrogen) atoms. The quantitative estimate of drug-likeness (QED) is 0.362. The molecule has 1 saturated carbocycles. The SMILES string of the molecule is CC1(COc2c(N3CCN(S(=O)CC4=CC(=C5NC=CO5)C=CC4=[N+]([O-])[O-])CC3)cnn(-c3ccccc3)c2=O)CC1. The summed E-state index contributed by atoms with van der Waals surface area (Å²) in [7, 11) is -1.51. The molecular weight excluding hydrogens is 560 g/mol. The predicted octanol–water partition coefficient (Wildman–Crippen LogP) is 2.45. The molecule has 0 spiro atoms. The van der Waals surface area contributed by atoms with E-state index in [2.05, 4.69) is 17.3 Å². The lowest BCUT2D eigenvalue weighted by molar-refractivity contribution is -0.377. The molecule has 1 saturated heterocycles. The molecule has 2 aliphatic heterocycles. The van der Waals surface area contributed by atoms with E-state index in [-0.39, 0.29) is 28.2 Å². The summed E-state index contributed by atoms with van der Waals surface area (Å²) in [5, 5.41) is 30.7. The van der Waals surface area contributed by atoms with Crippen molar-refractivity contribution in [1.29, 1.82) is 0 Å². The van der Waals surface area contributed by atoms with Crippen molar-refractivity contribution in [2.75, 3.05) is 43.4 Å². The molecule has 3 heterocycles. The van der Waals surface area contributed by atoms with E-state index >= 15 is 0 Å². The summed E-state index contributed by atoms with van der Waals surface area (Å²) in [5.74, 6) is 0.715. The zero-order valence-corrected chi connectivity index (χ0v) is 23.9. The minimum atomic E-state index is -1.51. The van der Waals surface area contributed by atoms with Crippen LogP contribution in [-0.4, -0.2) is 67.4 Å². The molecule has 2 aromatic rings. The van der Waals surface area contributed by atoms with E-state index in [0.29, 0.717) is 61.2 Å². The first-order valence-corrected chi connectivity index (χ1v) is 15.0. The zero-order chi connectivity index (χ0) is 29.3. The van der Waals surface area contributed by atoms with Crippen molar-refractivity contribution in [1.82, 2.24) is 19.4 Å². The van der Waals surface area contributed by atoms with Crippen molar-refractivity contribution in [2.24, 2.45) is 5.41 Å². The number of benzene rings is 1. The molecule has 0 bridgehead atoms. The van der Waals surface area contributed by atoms with E-state index in [4.69, 9.17) is 9.47 Å².